The van der Waals surface area contributed by atoms with E-state index >= 15 is 0 Å². The summed E-state index contributed by atoms with van der Waals surface area (Å²) >= 11 is 6.05. The third kappa shape index (κ3) is 6.17. The summed E-state index contributed by atoms with van der Waals surface area (Å²) in [4.78, 5) is 15.2. The van der Waals surface area contributed by atoms with E-state index in [-0.39, 0.29) is 10.8 Å². The molecule has 178 valence electrons. The van der Waals surface area contributed by atoms with E-state index in [1.807, 2.05) is 24.3 Å². The molecule has 1 amide bonds. The molecule has 0 aromatic heterocycles. The fourth-order valence-electron chi connectivity index (χ4n) is 4.12. The molecule has 1 fully saturated rings. The van der Waals surface area contributed by atoms with Gasteiger partial charge in [-0.25, -0.2) is 8.42 Å². The molecular formula is C26H28ClN3O3S. The van der Waals surface area contributed by atoms with Crippen molar-refractivity contribution in [1.29, 1.82) is 0 Å². The lowest BCUT2D eigenvalue weighted by molar-refractivity contribution is 0.102. The highest BCUT2D eigenvalue weighted by Gasteiger charge is 2.17. The zero-order chi connectivity index (χ0) is 24.1. The van der Waals surface area contributed by atoms with E-state index in [0.29, 0.717) is 22.0 Å². The quantitative estimate of drug-likeness (QED) is 0.443. The molecule has 0 unspecified atom stereocenters. The average molecular weight is 498 g/mol. The van der Waals surface area contributed by atoms with Crippen molar-refractivity contribution in [2.24, 2.45) is 5.92 Å². The van der Waals surface area contributed by atoms with Crippen LogP contribution in [-0.2, 0) is 16.6 Å². The molecule has 6 nitrogen and oxygen atoms in total. The highest BCUT2D eigenvalue weighted by Crippen LogP contribution is 2.25. The molecule has 34 heavy (non-hydrogen) atoms. The molecule has 3 aromatic rings. The predicted molar refractivity (Wildman–Crippen MR) is 137 cm³/mol. The number of piperidine rings is 1. The Morgan fingerprint density at radius 3 is 2.41 bits per heavy atom. The van der Waals surface area contributed by atoms with Crippen molar-refractivity contribution in [3.05, 3.63) is 88.9 Å². The molecule has 2 N–H and O–H groups in total. The van der Waals surface area contributed by atoms with Gasteiger partial charge in [0.15, 0.2) is 0 Å². The van der Waals surface area contributed by atoms with Crippen LogP contribution in [0.1, 0.15) is 35.7 Å². The largest absolute Gasteiger partial charge is 0.322 e. The first-order valence-corrected chi connectivity index (χ1v) is 13.2. The van der Waals surface area contributed by atoms with Gasteiger partial charge >= 0.3 is 0 Å². The fourth-order valence-corrected chi connectivity index (χ4v) is 5.44. The first-order valence-electron chi connectivity index (χ1n) is 11.3. The predicted octanol–water partition coefficient (Wildman–Crippen LogP) is 5.63. The number of amides is 1. The number of benzene rings is 3. The third-order valence-corrected chi connectivity index (χ3v) is 7.62. The van der Waals surface area contributed by atoms with Crippen LogP contribution in [0.4, 0.5) is 11.4 Å². The molecule has 0 radical (unpaired) electrons. The molecule has 0 saturated carbocycles. The van der Waals surface area contributed by atoms with E-state index in [9.17, 15) is 13.2 Å². The molecule has 0 bridgehead atoms. The smallest absolute Gasteiger partial charge is 0.261 e. The Labute approximate surface area is 206 Å². The SMILES string of the molecule is C[C@@H]1CCCN(Cc2ccc(C(=O)Nc3ccc(S(=O)(=O)Nc4ccccc4Cl)cc3)cc2)C1. The number of carbonyl (C=O) groups is 1. The molecule has 4 rings (SSSR count). The van der Waals surface area contributed by atoms with Crippen molar-refractivity contribution in [2.45, 2.75) is 31.2 Å². The molecule has 3 aromatic carbocycles. The van der Waals surface area contributed by atoms with Gasteiger partial charge in [-0.3, -0.25) is 14.4 Å². The van der Waals surface area contributed by atoms with Crippen molar-refractivity contribution in [1.82, 2.24) is 4.90 Å². The zero-order valence-corrected chi connectivity index (χ0v) is 20.6. The number of nitrogens with zero attached hydrogens (tertiary/aromatic N) is 1. The van der Waals surface area contributed by atoms with Crippen molar-refractivity contribution >= 4 is 38.9 Å². The van der Waals surface area contributed by atoms with Crippen LogP contribution in [0.15, 0.2) is 77.7 Å². The number of halogens is 1. The van der Waals surface area contributed by atoms with Crippen molar-refractivity contribution in [3.8, 4) is 0 Å². The van der Waals surface area contributed by atoms with Crippen molar-refractivity contribution in [2.75, 3.05) is 23.1 Å². The second-order valence-corrected chi connectivity index (χ2v) is 10.8. The number of nitrogens with one attached hydrogen (secondary N) is 2. The van der Waals surface area contributed by atoms with Gasteiger partial charge < -0.3 is 5.32 Å². The topological polar surface area (TPSA) is 78.5 Å². The van der Waals surface area contributed by atoms with E-state index in [4.69, 9.17) is 11.6 Å². The minimum absolute atomic E-state index is 0.0711. The molecule has 1 atom stereocenters. The number of rotatable bonds is 7. The minimum atomic E-state index is -3.80. The Balaban J connectivity index is 1.36. The lowest BCUT2D eigenvalue weighted by atomic mass is 9.99. The van der Waals surface area contributed by atoms with Crippen molar-refractivity contribution < 1.29 is 13.2 Å². The Hall–Kier alpha value is -2.87. The number of hydrogen-bond donors (Lipinski definition) is 2. The number of likely N-dealkylation sites (tertiary alicyclic amines) is 1. The van der Waals surface area contributed by atoms with Gasteiger partial charge in [-0.05, 0) is 79.4 Å². The summed E-state index contributed by atoms with van der Waals surface area (Å²) in [6.45, 7) is 5.41. The van der Waals surface area contributed by atoms with Crippen LogP contribution >= 0.6 is 11.6 Å². The first-order chi connectivity index (χ1) is 16.3. The maximum absolute atomic E-state index is 12.7. The molecular weight excluding hydrogens is 470 g/mol. The van der Waals surface area contributed by atoms with Gasteiger partial charge in [-0.1, -0.05) is 42.8 Å². The molecule has 1 aliphatic heterocycles. The lowest BCUT2D eigenvalue weighted by Gasteiger charge is -2.30. The van der Waals surface area contributed by atoms with E-state index in [2.05, 4.69) is 21.9 Å². The number of para-hydroxylation sites is 1. The van der Waals surface area contributed by atoms with Crippen LogP contribution in [0.25, 0.3) is 0 Å². The number of hydrogen-bond acceptors (Lipinski definition) is 4. The molecule has 1 heterocycles. The number of anilines is 2. The third-order valence-electron chi connectivity index (χ3n) is 5.90. The van der Waals surface area contributed by atoms with Crippen LogP contribution in [0.2, 0.25) is 5.02 Å². The van der Waals surface area contributed by atoms with Crippen LogP contribution in [-0.4, -0.2) is 32.3 Å². The van der Waals surface area contributed by atoms with E-state index in [0.717, 1.165) is 25.6 Å². The second kappa shape index (κ2) is 10.6. The Kier molecular flexibility index (Phi) is 7.56. The molecule has 0 spiro atoms. The Morgan fingerprint density at radius 1 is 1.03 bits per heavy atom. The summed E-state index contributed by atoms with van der Waals surface area (Å²) in [7, 11) is -3.80. The highest BCUT2D eigenvalue weighted by molar-refractivity contribution is 7.92. The Bertz CT molecular complexity index is 1250. The molecule has 1 saturated heterocycles. The maximum Gasteiger partial charge on any atom is 0.261 e. The van der Waals surface area contributed by atoms with Gasteiger partial charge in [-0.15, -0.1) is 0 Å². The van der Waals surface area contributed by atoms with Crippen LogP contribution in [0, 0.1) is 5.92 Å². The summed E-state index contributed by atoms with van der Waals surface area (Å²) in [5.41, 5.74) is 2.55. The number of sulfonamides is 1. The maximum atomic E-state index is 12.7. The normalized spacial score (nSPS) is 16.7. The second-order valence-electron chi connectivity index (χ2n) is 8.74. The van der Waals surface area contributed by atoms with E-state index < -0.39 is 10.0 Å². The zero-order valence-electron chi connectivity index (χ0n) is 19.0. The fraction of sp³-hybridized carbons (Fsp3) is 0.269. The lowest BCUT2D eigenvalue weighted by Crippen LogP contribution is -2.33. The summed E-state index contributed by atoms with van der Waals surface area (Å²) in [5, 5.41) is 3.13. The molecule has 8 heteroatoms. The van der Waals surface area contributed by atoms with Gasteiger partial charge in [0.05, 0.1) is 15.6 Å². The van der Waals surface area contributed by atoms with Gasteiger partial charge in [0.25, 0.3) is 15.9 Å². The Morgan fingerprint density at radius 2 is 1.74 bits per heavy atom. The van der Waals surface area contributed by atoms with Gasteiger partial charge in [0.1, 0.15) is 0 Å². The van der Waals surface area contributed by atoms with Gasteiger partial charge in [0.2, 0.25) is 0 Å². The van der Waals surface area contributed by atoms with E-state index in [1.54, 1.807) is 36.4 Å². The van der Waals surface area contributed by atoms with Gasteiger partial charge in [-0.2, -0.15) is 0 Å². The van der Waals surface area contributed by atoms with Gasteiger partial charge in [0, 0.05) is 24.3 Å². The average Bonchev–Trinajstić information content (AvgIpc) is 2.81. The summed E-state index contributed by atoms with van der Waals surface area (Å²) in [6.07, 6.45) is 2.53. The summed E-state index contributed by atoms with van der Waals surface area (Å²) in [6, 6.07) is 20.3. The summed E-state index contributed by atoms with van der Waals surface area (Å²) < 4.78 is 27.8. The first kappa shape index (κ1) is 24.3. The number of carbonyl (C=O) groups excluding carboxylic acids is 1. The molecule has 0 aliphatic carbocycles. The van der Waals surface area contributed by atoms with E-state index in [1.165, 1.54) is 30.5 Å². The van der Waals surface area contributed by atoms with Crippen LogP contribution in [0.5, 0.6) is 0 Å². The standard InChI is InChI=1S/C26H28ClN3O3S/c1-19-5-4-16-30(17-19)18-20-8-10-21(11-9-20)26(31)28-22-12-14-23(15-13-22)34(32,33)29-25-7-3-2-6-24(25)27/h2-3,6-15,19,29H,4-5,16-18H2,1H3,(H,28,31)/t19-/m1/s1. The monoisotopic (exact) mass is 497 g/mol. The van der Waals surface area contributed by atoms with Crippen LogP contribution < -0.4 is 10.0 Å². The molecule has 1 aliphatic rings. The van der Waals surface area contributed by atoms with Crippen molar-refractivity contribution in [3.63, 3.8) is 0 Å². The minimum Gasteiger partial charge on any atom is -0.322 e. The van der Waals surface area contributed by atoms with Crippen LogP contribution in [0.3, 0.4) is 0 Å². The highest BCUT2D eigenvalue weighted by atomic mass is 35.5. The summed E-state index contributed by atoms with van der Waals surface area (Å²) in [5.74, 6) is 0.482.